The number of rotatable bonds is 5. The highest BCUT2D eigenvalue weighted by atomic mass is 79.9. The molecular formula is C33H30Br2F2N2. The van der Waals surface area contributed by atoms with Gasteiger partial charge in [-0.1, -0.05) is 86.5 Å². The normalized spacial score (nSPS) is 20.0. The Morgan fingerprint density at radius 3 is 1.56 bits per heavy atom. The van der Waals surface area contributed by atoms with E-state index in [1.54, 1.807) is 12.1 Å². The largest absolute Gasteiger partial charge is 0.367 e. The van der Waals surface area contributed by atoms with Crippen LogP contribution in [0.1, 0.15) is 60.4 Å². The fourth-order valence-corrected chi connectivity index (χ4v) is 6.89. The number of hydrogen-bond donors (Lipinski definition) is 0. The monoisotopic (exact) mass is 650 g/mol. The van der Waals surface area contributed by atoms with E-state index in [0.717, 1.165) is 45.8 Å². The van der Waals surface area contributed by atoms with Crippen LogP contribution in [0.3, 0.4) is 0 Å². The van der Waals surface area contributed by atoms with Crippen molar-refractivity contribution in [2.24, 2.45) is 0 Å². The van der Waals surface area contributed by atoms with E-state index in [1.165, 1.54) is 5.56 Å². The van der Waals surface area contributed by atoms with Gasteiger partial charge in [0.05, 0.1) is 12.1 Å². The Balaban J connectivity index is 1.31. The van der Waals surface area contributed by atoms with Gasteiger partial charge in [-0.05, 0) is 84.7 Å². The van der Waals surface area contributed by atoms with E-state index >= 15 is 8.78 Å². The molecule has 0 aliphatic carbocycles. The van der Waals surface area contributed by atoms with Gasteiger partial charge in [-0.2, -0.15) is 0 Å². The highest BCUT2D eigenvalue weighted by molar-refractivity contribution is 9.10. The summed E-state index contributed by atoms with van der Waals surface area (Å²) < 4.78 is 33.6. The average molecular weight is 652 g/mol. The molecule has 0 N–H and O–H groups in total. The lowest BCUT2D eigenvalue weighted by Crippen LogP contribution is -2.34. The van der Waals surface area contributed by atoms with Gasteiger partial charge >= 0.3 is 0 Å². The van der Waals surface area contributed by atoms with Crippen LogP contribution in [0.4, 0.5) is 20.2 Å². The summed E-state index contributed by atoms with van der Waals surface area (Å²) in [7, 11) is 0. The van der Waals surface area contributed by atoms with Crippen molar-refractivity contribution in [3.05, 3.63) is 128 Å². The van der Waals surface area contributed by atoms with Crippen LogP contribution in [0.25, 0.3) is 0 Å². The number of halogens is 4. The van der Waals surface area contributed by atoms with Gasteiger partial charge in [-0.25, -0.2) is 8.78 Å². The van der Waals surface area contributed by atoms with Gasteiger partial charge in [0.2, 0.25) is 0 Å². The molecule has 4 aromatic rings. The molecule has 0 saturated carbocycles. The fourth-order valence-electron chi connectivity index (χ4n) is 6.36. The molecule has 0 radical (unpaired) electrons. The fraction of sp³-hybridized carbons (Fsp3) is 0.273. The zero-order valence-electron chi connectivity index (χ0n) is 21.5. The topological polar surface area (TPSA) is 6.48 Å². The number of nitrogens with zero attached hydrogens (tertiary/aromatic N) is 2. The van der Waals surface area contributed by atoms with Crippen LogP contribution in [-0.2, 0) is 0 Å². The van der Waals surface area contributed by atoms with Gasteiger partial charge in [0, 0.05) is 27.7 Å². The van der Waals surface area contributed by atoms with Gasteiger partial charge in [-0.3, -0.25) is 0 Å². The Labute approximate surface area is 245 Å². The molecule has 2 heterocycles. The quantitative estimate of drug-likeness (QED) is 0.212. The predicted octanol–water partition coefficient (Wildman–Crippen LogP) is 9.96. The van der Waals surface area contributed by atoms with Crippen LogP contribution in [-0.4, -0.2) is 13.1 Å². The number of hydrogen-bond acceptors (Lipinski definition) is 2. The van der Waals surface area contributed by atoms with Gasteiger partial charge in [0.1, 0.15) is 5.69 Å². The van der Waals surface area contributed by atoms with Gasteiger partial charge in [0.25, 0.3) is 0 Å². The maximum Gasteiger partial charge on any atom is 0.151 e. The molecule has 200 valence electrons. The van der Waals surface area contributed by atoms with E-state index in [0.29, 0.717) is 24.7 Å². The first-order valence-corrected chi connectivity index (χ1v) is 15.1. The second-order valence-electron chi connectivity index (χ2n) is 10.5. The van der Waals surface area contributed by atoms with Crippen LogP contribution in [0.5, 0.6) is 0 Å². The lowest BCUT2D eigenvalue weighted by molar-refractivity contribution is 0.486. The van der Waals surface area contributed by atoms with Crippen LogP contribution >= 0.6 is 31.9 Å². The Bertz CT molecular complexity index is 1340. The molecule has 39 heavy (non-hydrogen) atoms. The van der Waals surface area contributed by atoms with Crippen molar-refractivity contribution in [1.82, 2.24) is 0 Å². The van der Waals surface area contributed by atoms with E-state index in [-0.39, 0.29) is 17.8 Å². The van der Waals surface area contributed by atoms with E-state index in [4.69, 9.17) is 0 Å². The van der Waals surface area contributed by atoms with Crippen LogP contribution < -0.4 is 9.80 Å². The summed E-state index contributed by atoms with van der Waals surface area (Å²) >= 11 is 7.06. The smallest absolute Gasteiger partial charge is 0.151 e. The highest BCUT2D eigenvalue weighted by Crippen LogP contribution is 2.48. The van der Waals surface area contributed by atoms with Crippen molar-refractivity contribution in [3.8, 4) is 0 Å². The summed E-state index contributed by atoms with van der Waals surface area (Å²) in [4.78, 5) is 4.10. The Morgan fingerprint density at radius 1 is 0.590 bits per heavy atom. The molecule has 6 heteroatoms. The Kier molecular flexibility index (Phi) is 7.77. The molecule has 2 nitrogen and oxygen atoms in total. The first kappa shape index (κ1) is 26.5. The summed E-state index contributed by atoms with van der Waals surface area (Å²) in [6.07, 6.45) is 3.57. The lowest BCUT2D eigenvalue weighted by atomic mass is 9.89. The summed E-state index contributed by atoms with van der Waals surface area (Å²) in [5.41, 5.74) is 4.29. The predicted molar refractivity (Wildman–Crippen MR) is 162 cm³/mol. The molecule has 0 aromatic heterocycles. The standard InChI is InChI=1S/C33H30Br2F2N2/c34-26-10-6-24(7-11-26)31-14-15-32(25-8-12-27(35)13-9-25)39(31)28-20-29(36)33(30(37)21-28)38-18-16-23(17-19-38)22-4-2-1-3-5-22/h1-13,20-21,23,31-32H,14-19H2. The molecule has 2 aliphatic heterocycles. The third kappa shape index (κ3) is 5.51. The van der Waals surface area contributed by atoms with Crippen molar-refractivity contribution in [2.75, 3.05) is 22.9 Å². The molecule has 2 aliphatic rings. The van der Waals surface area contributed by atoms with Gasteiger partial charge in [0.15, 0.2) is 11.6 Å². The highest BCUT2D eigenvalue weighted by Gasteiger charge is 2.37. The van der Waals surface area contributed by atoms with Crippen molar-refractivity contribution < 1.29 is 8.78 Å². The zero-order valence-corrected chi connectivity index (χ0v) is 24.7. The number of anilines is 2. The molecule has 2 saturated heterocycles. The molecule has 2 fully saturated rings. The van der Waals surface area contributed by atoms with Crippen LogP contribution in [0.2, 0.25) is 0 Å². The van der Waals surface area contributed by atoms with Crippen molar-refractivity contribution in [2.45, 2.75) is 43.7 Å². The second-order valence-corrected chi connectivity index (χ2v) is 12.4. The van der Waals surface area contributed by atoms with Crippen molar-refractivity contribution in [3.63, 3.8) is 0 Å². The van der Waals surface area contributed by atoms with E-state index in [1.807, 2.05) is 35.2 Å². The lowest BCUT2D eigenvalue weighted by Gasteiger charge is -2.36. The third-order valence-corrected chi connectivity index (χ3v) is 9.33. The van der Waals surface area contributed by atoms with Gasteiger partial charge in [-0.15, -0.1) is 0 Å². The van der Waals surface area contributed by atoms with Gasteiger partial charge < -0.3 is 9.80 Å². The SMILES string of the molecule is Fc1cc(N2C(c3ccc(Br)cc3)CCC2c2ccc(Br)cc2)cc(F)c1N1CCC(c2ccccc2)CC1. The minimum atomic E-state index is -0.487. The zero-order chi connectivity index (χ0) is 26.9. The molecule has 4 aromatic carbocycles. The summed E-state index contributed by atoms with van der Waals surface area (Å²) in [5.74, 6) is -0.547. The molecule has 0 bridgehead atoms. The Hall–Kier alpha value is -2.70. The van der Waals surface area contributed by atoms with Crippen LogP contribution in [0.15, 0.2) is 99.9 Å². The number of piperidine rings is 1. The minimum Gasteiger partial charge on any atom is -0.367 e. The Morgan fingerprint density at radius 2 is 1.08 bits per heavy atom. The van der Waals surface area contributed by atoms with Crippen LogP contribution in [0, 0.1) is 11.6 Å². The first-order chi connectivity index (χ1) is 19.0. The van der Waals surface area contributed by atoms with E-state index in [2.05, 4.69) is 85.3 Å². The minimum absolute atomic E-state index is 0.0259. The maximum atomic E-state index is 15.8. The second kappa shape index (κ2) is 11.4. The molecule has 6 rings (SSSR count). The third-order valence-electron chi connectivity index (χ3n) is 8.28. The molecular weight excluding hydrogens is 622 g/mol. The number of benzene rings is 4. The maximum absolute atomic E-state index is 15.8. The molecule has 0 spiro atoms. The van der Waals surface area contributed by atoms with Crippen molar-refractivity contribution >= 4 is 43.2 Å². The van der Waals surface area contributed by atoms with Crippen molar-refractivity contribution in [1.29, 1.82) is 0 Å². The summed E-state index contributed by atoms with van der Waals surface area (Å²) in [6, 6.07) is 30.1. The average Bonchev–Trinajstić information content (AvgIpc) is 3.39. The molecule has 2 unspecified atom stereocenters. The summed E-state index contributed by atoms with van der Waals surface area (Å²) in [6.45, 7) is 1.28. The van der Waals surface area contributed by atoms with E-state index < -0.39 is 11.6 Å². The summed E-state index contributed by atoms with van der Waals surface area (Å²) in [5, 5.41) is 0. The van der Waals surface area contributed by atoms with E-state index in [9.17, 15) is 0 Å². The first-order valence-electron chi connectivity index (χ1n) is 13.6. The molecule has 2 atom stereocenters. The molecule has 0 amide bonds.